The van der Waals surface area contributed by atoms with Crippen LogP contribution >= 0.6 is 0 Å². The van der Waals surface area contributed by atoms with Gasteiger partial charge in [-0.3, -0.25) is 4.68 Å². The molecule has 5 heteroatoms. The number of hydrogen-bond donors (Lipinski definition) is 1. The van der Waals surface area contributed by atoms with Crippen molar-refractivity contribution in [1.82, 2.24) is 9.78 Å². The molecule has 0 unspecified atom stereocenters. The molecule has 108 valence electrons. The van der Waals surface area contributed by atoms with Crippen molar-refractivity contribution in [2.45, 2.75) is 33.4 Å². The van der Waals surface area contributed by atoms with Crippen LogP contribution in [0.3, 0.4) is 0 Å². The van der Waals surface area contributed by atoms with Gasteiger partial charge in [0.2, 0.25) is 0 Å². The monoisotopic (exact) mass is 275 g/mol. The van der Waals surface area contributed by atoms with E-state index >= 15 is 0 Å². The van der Waals surface area contributed by atoms with Crippen molar-refractivity contribution in [3.05, 3.63) is 35.7 Å². The third kappa shape index (κ3) is 3.04. The fourth-order valence-corrected chi connectivity index (χ4v) is 2.04. The number of aryl methyl sites for hydroxylation is 2. The third-order valence-corrected chi connectivity index (χ3v) is 3.14. The number of nitrogens with zero attached hydrogens (tertiary/aromatic N) is 2. The summed E-state index contributed by atoms with van der Waals surface area (Å²) in [7, 11) is 1.61. The minimum Gasteiger partial charge on any atom is -0.493 e. The lowest BCUT2D eigenvalue weighted by atomic mass is 10.3. The van der Waals surface area contributed by atoms with Crippen LogP contribution < -0.4 is 15.2 Å². The third-order valence-electron chi connectivity index (χ3n) is 3.14. The molecule has 0 aliphatic heterocycles. The molecule has 0 bridgehead atoms. The van der Waals surface area contributed by atoms with Gasteiger partial charge in [-0.2, -0.15) is 5.10 Å². The molecule has 1 aromatic carbocycles. The van der Waals surface area contributed by atoms with Crippen molar-refractivity contribution in [1.29, 1.82) is 0 Å². The van der Waals surface area contributed by atoms with E-state index in [1.807, 2.05) is 4.68 Å². The van der Waals surface area contributed by atoms with Crippen LogP contribution in [-0.2, 0) is 19.6 Å². The second-order valence-corrected chi connectivity index (χ2v) is 4.50. The molecule has 0 atom stereocenters. The minimum absolute atomic E-state index is 0.445. The summed E-state index contributed by atoms with van der Waals surface area (Å²) < 4.78 is 13.1. The van der Waals surface area contributed by atoms with Gasteiger partial charge in [0.25, 0.3) is 0 Å². The smallest absolute Gasteiger partial charge is 0.163 e. The Bertz CT molecular complexity index is 578. The van der Waals surface area contributed by atoms with Gasteiger partial charge in [-0.25, -0.2) is 0 Å². The van der Waals surface area contributed by atoms with Crippen LogP contribution in [0.15, 0.2) is 24.3 Å². The predicted octanol–water partition coefficient (Wildman–Crippen LogP) is 2.64. The van der Waals surface area contributed by atoms with Crippen molar-refractivity contribution in [3.63, 3.8) is 0 Å². The van der Waals surface area contributed by atoms with Crippen molar-refractivity contribution >= 4 is 5.69 Å². The van der Waals surface area contributed by atoms with Crippen LogP contribution in [0.25, 0.3) is 0 Å². The summed E-state index contributed by atoms with van der Waals surface area (Å²) >= 11 is 0. The molecule has 5 nitrogen and oxygen atoms in total. The highest BCUT2D eigenvalue weighted by Crippen LogP contribution is 2.29. The van der Waals surface area contributed by atoms with E-state index in [-0.39, 0.29) is 0 Å². The molecular formula is C15H21N3O2. The maximum atomic E-state index is 5.83. The van der Waals surface area contributed by atoms with Gasteiger partial charge in [0, 0.05) is 18.3 Å². The Kier molecular flexibility index (Phi) is 4.50. The highest BCUT2D eigenvalue weighted by Gasteiger charge is 2.09. The number of methoxy groups -OCH3 is 1. The van der Waals surface area contributed by atoms with Crippen LogP contribution in [0.2, 0.25) is 0 Å². The first-order valence-corrected chi connectivity index (χ1v) is 6.79. The Balaban J connectivity index is 2.16. The minimum atomic E-state index is 0.445. The average Bonchev–Trinajstić information content (AvgIpc) is 2.87. The lowest BCUT2D eigenvalue weighted by Crippen LogP contribution is -2.06. The number of nitrogens with two attached hydrogens (primary N) is 1. The van der Waals surface area contributed by atoms with Gasteiger partial charge >= 0.3 is 0 Å². The second-order valence-electron chi connectivity index (χ2n) is 4.50. The van der Waals surface area contributed by atoms with Crippen LogP contribution in [0, 0.1) is 0 Å². The predicted molar refractivity (Wildman–Crippen MR) is 79.0 cm³/mol. The van der Waals surface area contributed by atoms with Gasteiger partial charge < -0.3 is 15.2 Å². The summed E-state index contributed by atoms with van der Waals surface area (Å²) in [5, 5.41) is 4.50. The van der Waals surface area contributed by atoms with Crippen LogP contribution in [0.5, 0.6) is 11.5 Å². The van der Waals surface area contributed by atoms with Crippen molar-refractivity contribution in [2.24, 2.45) is 0 Å². The molecule has 1 aromatic heterocycles. The second kappa shape index (κ2) is 6.32. The van der Waals surface area contributed by atoms with Gasteiger partial charge in [0.1, 0.15) is 6.61 Å². The Labute approximate surface area is 119 Å². The molecule has 2 N–H and O–H groups in total. The lowest BCUT2D eigenvalue weighted by Gasteiger charge is -2.11. The molecule has 1 heterocycles. The Morgan fingerprint density at radius 2 is 2.00 bits per heavy atom. The van der Waals surface area contributed by atoms with E-state index < -0.39 is 0 Å². The summed E-state index contributed by atoms with van der Waals surface area (Å²) in [6.45, 7) is 5.43. The summed E-state index contributed by atoms with van der Waals surface area (Å²) in [5.74, 6) is 1.33. The molecule has 0 fully saturated rings. The van der Waals surface area contributed by atoms with Gasteiger partial charge in [-0.15, -0.1) is 0 Å². The quantitative estimate of drug-likeness (QED) is 0.823. The van der Waals surface area contributed by atoms with E-state index in [0.717, 1.165) is 24.4 Å². The summed E-state index contributed by atoms with van der Waals surface area (Å²) in [5.41, 5.74) is 8.56. The fourth-order valence-electron chi connectivity index (χ4n) is 2.04. The number of ether oxygens (including phenoxy) is 2. The van der Waals surface area contributed by atoms with Crippen LogP contribution in [-0.4, -0.2) is 16.9 Å². The van der Waals surface area contributed by atoms with Gasteiger partial charge in [0.05, 0.1) is 18.5 Å². The molecule has 0 aliphatic rings. The number of aromatic nitrogens is 2. The first-order valence-electron chi connectivity index (χ1n) is 6.79. The number of benzene rings is 1. The number of hydrogen-bond acceptors (Lipinski definition) is 4. The molecule has 0 saturated carbocycles. The zero-order valence-electron chi connectivity index (χ0n) is 12.2. The number of rotatable bonds is 6. The van der Waals surface area contributed by atoms with E-state index in [1.54, 1.807) is 25.3 Å². The topological polar surface area (TPSA) is 62.3 Å². The first-order chi connectivity index (χ1) is 9.67. The van der Waals surface area contributed by atoms with Crippen LogP contribution in [0.1, 0.15) is 25.2 Å². The van der Waals surface area contributed by atoms with E-state index in [4.69, 9.17) is 15.2 Å². The normalized spacial score (nSPS) is 10.6. The maximum Gasteiger partial charge on any atom is 0.163 e. The molecule has 2 aromatic rings. The van der Waals surface area contributed by atoms with E-state index in [1.165, 1.54) is 0 Å². The zero-order chi connectivity index (χ0) is 14.5. The van der Waals surface area contributed by atoms with Crippen molar-refractivity contribution in [3.8, 4) is 11.5 Å². The molecule has 0 amide bonds. The SMILES string of the molecule is CCc1cc(COc2cc(N)ccc2OC)n(CC)n1. The molecular weight excluding hydrogens is 254 g/mol. The largest absolute Gasteiger partial charge is 0.493 e. The zero-order valence-corrected chi connectivity index (χ0v) is 12.2. The summed E-state index contributed by atoms with van der Waals surface area (Å²) in [4.78, 5) is 0. The van der Waals surface area contributed by atoms with Crippen molar-refractivity contribution < 1.29 is 9.47 Å². The first kappa shape index (κ1) is 14.2. The van der Waals surface area contributed by atoms with E-state index in [2.05, 4.69) is 25.0 Å². The summed E-state index contributed by atoms with van der Waals surface area (Å²) in [6.07, 6.45) is 0.918. The highest BCUT2D eigenvalue weighted by molar-refractivity contribution is 5.51. The van der Waals surface area contributed by atoms with Gasteiger partial charge in [-0.1, -0.05) is 6.92 Å². The number of anilines is 1. The van der Waals surface area contributed by atoms with Gasteiger partial charge in [0.15, 0.2) is 11.5 Å². The Morgan fingerprint density at radius 1 is 1.20 bits per heavy atom. The maximum absolute atomic E-state index is 5.83. The Hall–Kier alpha value is -2.17. The van der Waals surface area contributed by atoms with E-state index in [9.17, 15) is 0 Å². The molecule has 0 spiro atoms. The van der Waals surface area contributed by atoms with Gasteiger partial charge in [-0.05, 0) is 31.5 Å². The molecule has 20 heavy (non-hydrogen) atoms. The Morgan fingerprint density at radius 3 is 2.65 bits per heavy atom. The lowest BCUT2D eigenvalue weighted by molar-refractivity contribution is 0.274. The van der Waals surface area contributed by atoms with E-state index in [0.29, 0.717) is 23.8 Å². The molecule has 0 radical (unpaired) electrons. The van der Waals surface area contributed by atoms with Crippen molar-refractivity contribution in [2.75, 3.05) is 12.8 Å². The van der Waals surface area contributed by atoms with Crippen LogP contribution in [0.4, 0.5) is 5.69 Å². The summed E-state index contributed by atoms with van der Waals surface area (Å²) in [6, 6.07) is 7.44. The molecule has 0 saturated heterocycles. The standard InChI is InChI=1S/C15H21N3O2/c1-4-12-9-13(18(5-2)17-12)10-20-15-8-11(16)6-7-14(15)19-3/h6-9H,4-5,10,16H2,1-3H3. The molecule has 2 rings (SSSR count). The molecule has 0 aliphatic carbocycles. The number of nitrogen functional groups attached to an aromatic ring is 1. The average molecular weight is 275 g/mol. The highest BCUT2D eigenvalue weighted by atomic mass is 16.5. The fraction of sp³-hybridized carbons (Fsp3) is 0.400.